The van der Waals surface area contributed by atoms with Gasteiger partial charge in [-0.25, -0.2) is 0 Å². The van der Waals surface area contributed by atoms with E-state index >= 15 is 0 Å². The van der Waals surface area contributed by atoms with Crippen LogP contribution < -0.4 is 10.6 Å². The van der Waals surface area contributed by atoms with Crippen molar-refractivity contribution in [3.8, 4) is 0 Å². The maximum Gasteiger partial charge on any atom is 0.227 e. The van der Waals surface area contributed by atoms with Crippen molar-refractivity contribution < 1.29 is 4.79 Å². The summed E-state index contributed by atoms with van der Waals surface area (Å²) in [5.41, 5.74) is -0.103. The summed E-state index contributed by atoms with van der Waals surface area (Å²) in [6, 6.07) is 0. The van der Waals surface area contributed by atoms with Crippen molar-refractivity contribution in [3.05, 3.63) is 0 Å². The third-order valence-corrected chi connectivity index (χ3v) is 4.52. The summed E-state index contributed by atoms with van der Waals surface area (Å²) in [7, 11) is 0. The van der Waals surface area contributed by atoms with Crippen LogP contribution in [-0.4, -0.2) is 25.5 Å². The Hall–Kier alpha value is -0.570. The van der Waals surface area contributed by atoms with Crippen molar-refractivity contribution in [1.29, 1.82) is 0 Å². The number of hydrogen-bond acceptors (Lipinski definition) is 2. The molecule has 2 fully saturated rings. The van der Waals surface area contributed by atoms with Crippen molar-refractivity contribution >= 4 is 5.91 Å². The third kappa shape index (κ3) is 3.01. The Morgan fingerprint density at radius 3 is 2.82 bits per heavy atom. The molecule has 0 spiro atoms. The van der Waals surface area contributed by atoms with Gasteiger partial charge in [0.25, 0.3) is 0 Å². The number of carbonyl (C=O) groups excluding carboxylic acids is 1. The summed E-state index contributed by atoms with van der Waals surface area (Å²) in [5.74, 6) is 1.18. The van der Waals surface area contributed by atoms with Crippen LogP contribution in [-0.2, 0) is 4.79 Å². The van der Waals surface area contributed by atoms with E-state index in [9.17, 15) is 4.79 Å². The Balaban J connectivity index is 1.75. The highest BCUT2D eigenvalue weighted by Gasteiger charge is 2.39. The standard InChI is InChI=1S/C14H26N2O/c1-2-7-14(8-10-15-11-14)13(17)16-9-6-12-4-3-5-12/h12,15H,2-11H2,1H3,(H,16,17). The minimum Gasteiger partial charge on any atom is -0.356 e. The highest BCUT2D eigenvalue weighted by Crippen LogP contribution is 2.32. The van der Waals surface area contributed by atoms with E-state index in [1.165, 1.54) is 25.7 Å². The molecule has 0 bridgehead atoms. The summed E-state index contributed by atoms with van der Waals surface area (Å²) >= 11 is 0. The van der Waals surface area contributed by atoms with Crippen LogP contribution in [0.5, 0.6) is 0 Å². The average molecular weight is 238 g/mol. The first-order valence-electron chi connectivity index (χ1n) is 7.26. The van der Waals surface area contributed by atoms with Crippen LogP contribution in [0.25, 0.3) is 0 Å². The second-order valence-electron chi connectivity index (χ2n) is 5.80. The monoisotopic (exact) mass is 238 g/mol. The van der Waals surface area contributed by atoms with Gasteiger partial charge in [-0.1, -0.05) is 32.6 Å². The summed E-state index contributed by atoms with van der Waals surface area (Å²) in [6.45, 7) is 4.92. The van der Waals surface area contributed by atoms with E-state index in [0.717, 1.165) is 44.8 Å². The molecule has 2 N–H and O–H groups in total. The molecule has 1 unspecified atom stereocenters. The topological polar surface area (TPSA) is 41.1 Å². The maximum atomic E-state index is 12.3. The zero-order valence-corrected chi connectivity index (χ0v) is 11.1. The van der Waals surface area contributed by atoms with Crippen LogP contribution in [0.3, 0.4) is 0 Å². The molecular formula is C14H26N2O. The van der Waals surface area contributed by atoms with Crippen LogP contribution in [0, 0.1) is 11.3 Å². The molecule has 2 rings (SSSR count). The fourth-order valence-corrected chi connectivity index (χ4v) is 3.10. The molecule has 0 aromatic carbocycles. The van der Waals surface area contributed by atoms with E-state index < -0.39 is 0 Å². The van der Waals surface area contributed by atoms with Gasteiger partial charge in [0, 0.05) is 13.1 Å². The molecule has 1 saturated heterocycles. The maximum absolute atomic E-state index is 12.3. The molecular weight excluding hydrogens is 212 g/mol. The van der Waals surface area contributed by atoms with Crippen molar-refractivity contribution in [3.63, 3.8) is 0 Å². The Bertz CT molecular complexity index is 255. The molecule has 1 saturated carbocycles. The number of hydrogen-bond donors (Lipinski definition) is 2. The average Bonchev–Trinajstić information content (AvgIpc) is 2.72. The van der Waals surface area contributed by atoms with Gasteiger partial charge in [-0.05, 0) is 31.7 Å². The first kappa shape index (κ1) is 12.9. The van der Waals surface area contributed by atoms with E-state index in [1.54, 1.807) is 0 Å². The first-order chi connectivity index (χ1) is 8.27. The van der Waals surface area contributed by atoms with Gasteiger partial charge < -0.3 is 10.6 Å². The van der Waals surface area contributed by atoms with Gasteiger partial charge in [-0.15, -0.1) is 0 Å². The second kappa shape index (κ2) is 5.85. The molecule has 1 heterocycles. The molecule has 1 amide bonds. The van der Waals surface area contributed by atoms with Gasteiger partial charge in [-0.3, -0.25) is 4.79 Å². The highest BCUT2D eigenvalue weighted by molar-refractivity contribution is 5.83. The Morgan fingerprint density at radius 2 is 2.29 bits per heavy atom. The van der Waals surface area contributed by atoms with Crippen LogP contribution in [0.15, 0.2) is 0 Å². The number of rotatable bonds is 6. The molecule has 0 aromatic rings. The predicted octanol–water partition coefficient (Wildman–Crippen LogP) is 2.07. The van der Waals surface area contributed by atoms with Crippen LogP contribution in [0.1, 0.15) is 51.9 Å². The van der Waals surface area contributed by atoms with Gasteiger partial charge in [-0.2, -0.15) is 0 Å². The lowest BCUT2D eigenvalue weighted by molar-refractivity contribution is -0.130. The van der Waals surface area contributed by atoms with Crippen molar-refractivity contribution in [1.82, 2.24) is 10.6 Å². The summed E-state index contributed by atoms with van der Waals surface area (Å²) < 4.78 is 0. The SMILES string of the molecule is CCCC1(C(=O)NCCC2CCC2)CCNC1. The van der Waals surface area contributed by atoms with Gasteiger partial charge in [0.1, 0.15) is 0 Å². The first-order valence-corrected chi connectivity index (χ1v) is 7.26. The molecule has 1 aliphatic carbocycles. The minimum absolute atomic E-state index is 0.103. The lowest BCUT2D eigenvalue weighted by atomic mass is 9.81. The number of nitrogens with one attached hydrogen (secondary N) is 2. The molecule has 17 heavy (non-hydrogen) atoms. The smallest absolute Gasteiger partial charge is 0.227 e. The molecule has 98 valence electrons. The number of carbonyl (C=O) groups is 1. The van der Waals surface area contributed by atoms with Gasteiger partial charge in [0.05, 0.1) is 5.41 Å². The zero-order valence-electron chi connectivity index (χ0n) is 11.1. The number of amides is 1. The zero-order chi connectivity index (χ0) is 12.1. The molecule has 3 heteroatoms. The van der Waals surface area contributed by atoms with Crippen LogP contribution >= 0.6 is 0 Å². The van der Waals surface area contributed by atoms with Crippen molar-refractivity contribution in [2.75, 3.05) is 19.6 Å². The van der Waals surface area contributed by atoms with Crippen LogP contribution in [0.4, 0.5) is 0 Å². The van der Waals surface area contributed by atoms with Gasteiger partial charge in [0.15, 0.2) is 0 Å². The summed E-state index contributed by atoms with van der Waals surface area (Å²) in [4.78, 5) is 12.3. The molecule has 0 aromatic heterocycles. The molecule has 1 aliphatic heterocycles. The van der Waals surface area contributed by atoms with Crippen molar-refractivity contribution in [2.24, 2.45) is 11.3 Å². The normalized spacial score (nSPS) is 29.0. The second-order valence-corrected chi connectivity index (χ2v) is 5.80. The van der Waals surface area contributed by atoms with Gasteiger partial charge >= 0.3 is 0 Å². The molecule has 1 atom stereocenters. The minimum atomic E-state index is -0.103. The quantitative estimate of drug-likeness (QED) is 0.744. The summed E-state index contributed by atoms with van der Waals surface area (Å²) in [5, 5.41) is 6.51. The molecule has 0 radical (unpaired) electrons. The highest BCUT2D eigenvalue weighted by atomic mass is 16.2. The van der Waals surface area contributed by atoms with E-state index in [4.69, 9.17) is 0 Å². The Labute approximate surface area is 105 Å². The summed E-state index contributed by atoms with van der Waals surface area (Å²) in [6.07, 6.45) is 8.45. The Kier molecular flexibility index (Phi) is 4.43. The molecule has 2 aliphatic rings. The predicted molar refractivity (Wildman–Crippen MR) is 69.8 cm³/mol. The van der Waals surface area contributed by atoms with E-state index in [1.807, 2.05) is 0 Å². The fraction of sp³-hybridized carbons (Fsp3) is 0.929. The van der Waals surface area contributed by atoms with E-state index in [0.29, 0.717) is 5.91 Å². The molecule has 3 nitrogen and oxygen atoms in total. The lowest BCUT2D eigenvalue weighted by Crippen LogP contribution is -2.43. The van der Waals surface area contributed by atoms with Crippen molar-refractivity contribution in [2.45, 2.75) is 51.9 Å². The largest absolute Gasteiger partial charge is 0.356 e. The van der Waals surface area contributed by atoms with Crippen LogP contribution in [0.2, 0.25) is 0 Å². The van der Waals surface area contributed by atoms with E-state index in [2.05, 4.69) is 17.6 Å². The Morgan fingerprint density at radius 1 is 1.47 bits per heavy atom. The van der Waals surface area contributed by atoms with E-state index in [-0.39, 0.29) is 5.41 Å². The van der Waals surface area contributed by atoms with Gasteiger partial charge in [0.2, 0.25) is 5.91 Å². The lowest BCUT2D eigenvalue weighted by Gasteiger charge is -2.28. The fourth-order valence-electron chi connectivity index (χ4n) is 3.10. The third-order valence-electron chi connectivity index (χ3n) is 4.52.